The van der Waals surface area contributed by atoms with Crippen LogP contribution in [0.5, 0.6) is 0 Å². The third-order valence-electron chi connectivity index (χ3n) is 1.81. The van der Waals surface area contributed by atoms with Crippen LogP contribution in [0.2, 0.25) is 0 Å². The Balaban J connectivity index is 2.75. The summed E-state index contributed by atoms with van der Waals surface area (Å²) >= 11 is 6.88. The summed E-state index contributed by atoms with van der Waals surface area (Å²) in [6.07, 6.45) is 0. The lowest BCUT2D eigenvalue weighted by molar-refractivity contribution is 0.638. The molecule has 2 aromatic rings. The van der Waals surface area contributed by atoms with E-state index in [4.69, 9.17) is 0 Å². The number of thiophene rings is 1. The molecule has 0 aliphatic carbocycles. The minimum Gasteiger partial charge on any atom is -0.204 e. The van der Waals surface area contributed by atoms with E-state index in [1.54, 1.807) is 0 Å². The molecule has 0 amide bonds. The molecule has 0 fully saturated rings. The summed E-state index contributed by atoms with van der Waals surface area (Å²) in [6.45, 7) is 0. The number of hydrogen-bond acceptors (Lipinski definition) is 1. The van der Waals surface area contributed by atoms with Crippen molar-refractivity contribution >= 4 is 59.9 Å². The Kier molecular flexibility index (Phi) is 2.90. The van der Waals surface area contributed by atoms with E-state index in [1.807, 2.05) is 40.8 Å². The summed E-state index contributed by atoms with van der Waals surface area (Å²) in [4.78, 5) is 0. The quantitative estimate of drug-likeness (QED) is 0.510. The summed E-state index contributed by atoms with van der Waals surface area (Å²) in [7, 11) is 0. The molecule has 1 aromatic carbocycles. The standard InChI is InChI=1S/C9H5BrFIS/c10-4-5-1-2-7-6(3-5)8(11)9(12)13-7/h1-3H,4H2. The topological polar surface area (TPSA) is 0 Å². The van der Waals surface area contributed by atoms with E-state index in [1.165, 1.54) is 11.3 Å². The number of halogens is 3. The Hall–Kier alpha value is 0.320. The third kappa shape index (κ3) is 1.76. The molecule has 4 heteroatoms. The van der Waals surface area contributed by atoms with Gasteiger partial charge in [-0.3, -0.25) is 0 Å². The van der Waals surface area contributed by atoms with Gasteiger partial charge in [0.05, 0.1) is 0 Å². The zero-order chi connectivity index (χ0) is 9.42. The molecule has 0 saturated heterocycles. The Morgan fingerprint density at radius 1 is 1.46 bits per heavy atom. The molecule has 0 aliphatic heterocycles. The highest BCUT2D eigenvalue weighted by atomic mass is 127. The highest BCUT2D eigenvalue weighted by Crippen LogP contribution is 2.31. The van der Waals surface area contributed by atoms with Crippen LogP contribution < -0.4 is 0 Å². The molecule has 2 rings (SSSR count). The molecule has 0 spiro atoms. The maximum atomic E-state index is 13.5. The minimum atomic E-state index is -0.0802. The maximum absolute atomic E-state index is 13.5. The molecule has 0 saturated carbocycles. The Bertz CT molecular complexity index is 452. The first-order chi connectivity index (χ1) is 6.22. The number of benzene rings is 1. The molecule has 0 N–H and O–H groups in total. The summed E-state index contributed by atoms with van der Waals surface area (Å²) in [5.74, 6) is -0.0802. The van der Waals surface area contributed by atoms with Gasteiger partial charge in [0, 0.05) is 15.4 Å². The van der Waals surface area contributed by atoms with Crippen molar-refractivity contribution in [2.45, 2.75) is 5.33 Å². The second-order valence-corrected chi connectivity index (χ2v) is 6.08. The van der Waals surface area contributed by atoms with Gasteiger partial charge in [-0.1, -0.05) is 22.0 Å². The average Bonchev–Trinajstić information content (AvgIpc) is 2.43. The zero-order valence-electron chi connectivity index (χ0n) is 6.48. The van der Waals surface area contributed by atoms with Crippen molar-refractivity contribution in [3.8, 4) is 0 Å². The molecule has 1 aromatic heterocycles. The fourth-order valence-electron chi connectivity index (χ4n) is 1.17. The van der Waals surface area contributed by atoms with Crippen molar-refractivity contribution in [2.75, 3.05) is 0 Å². The van der Waals surface area contributed by atoms with Gasteiger partial charge in [0.15, 0.2) is 5.82 Å². The van der Waals surface area contributed by atoms with Crippen molar-refractivity contribution in [1.82, 2.24) is 0 Å². The predicted molar refractivity (Wildman–Crippen MR) is 67.1 cm³/mol. The van der Waals surface area contributed by atoms with Crippen LogP contribution in [0, 0.1) is 8.70 Å². The van der Waals surface area contributed by atoms with E-state index in [0.717, 1.165) is 23.9 Å². The molecular formula is C9H5BrFIS. The maximum Gasteiger partial charge on any atom is 0.155 e. The molecule has 1 heterocycles. The number of fused-ring (bicyclic) bond motifs is 1. The molecule has 0 aliphatic rings. The summed E-state index contributed by atoms with van der Waals surface area (Å²) < 4.78 is 15.2. The summed E-state index contributed by atoms with van der Waals surface area (Å²) in [6, 6.07) is 5.89. The van der Waals surface area contributed by atoms with Crippen LogP contribution in [0.4, 0.5) is 4.39 Å². The van der Waals surface area contributed by atoms with Crippen molar-refractivity contribution < 1.29 is 4.39 Å². The first-order valence-corrected chi connectivity index (χ1v) is 6.66. The Labute approximate surface area is 101 Å². The molecule has 0 radical (unpaired) electrons. The van der Waals surface area contributed by atoms with Crippen LogP contribution in [0.1, 0.15) is 5.56 Å². The SMILES string of the molecule is Fc1c(I)sc2ccc(CBr)cc12. The van der Waals surface area contributed by atoms with Gasteiger partial charge >= 0.3 is 0 Å². The van der Waals surface area contributed by atoms with Gasteiger partial charge in [-0.2, -0.15) is 0 Å². The molecule has 0 bridgehead atoms. The largest absolute Gasteiger partial charge is 0.204 e. The van der Waals surface area contributed by atoms with Gasteiger partial charge in [-0.15, -0.1) is 11.3 Å². The molecule has 0 nitrogen and oxygen atoms in total. The molecule has 0 unspecified atom stereocenters. The average molecular weight is 371 g/mol. The highest BCUT2D eigenvalue weighted by Gasteiger charge is 2.09. The highest BCUT2D eigenvalue weighted by molar-refractivity contribution is 14.1. The van der Waals surface area contributed by atoms with Gasteiger partial charge in [0.1, 0.15) is 2.88 Å². The van der Waals surface area contributed by atoms with E-state index in [9.17, 15) is 4.39 Å². The fourth-order valence-corrected chi connectivity index (χ4v) is 3.31. The predicted octanol–water partition coefficient (Wildman–Crippen LogP) is 4.54. The van der Waals surface area contributed by atoms with Crippen molar-refractivity contribution in [1.29, 1.82) is 0 Å². The zero-order valence-corrected chi connectivity index (χ0v) is 11.0. The van der Waals surface area contributed by atoms with Crippen LogP contribution >= 0.6 is 49.9 Å². The first-order valence-electron chi connectivity index (χ1n) is 3.65. The molecular weight excluding hydrogens is 366 g/mol. The normalized spacial score (nSPS) is 11.0. The van der Waals surface area contributed by atoms with Crippen molar-refractivity contribution in [3.05, 3.63) is 32.5 Å². The monoisotopic (exact) mass is 370 g/mol. The van der Waals surface area contributed by atoms with E-state index >= 15 is 0 Å². The molecule has 68 valence electrons. The van der Waals surface area contributed by atoms with E-state index in [-0.39, 0.29) is 5.82 Å². The van der Waals surface area contributed by atoms with Gasteiger partial charge in [-0.05, 0) is 40.3 Å². The van der Waals surface area contributed by atoms with Gasteiger partial charge in [-0.25, -0.2) is 4.39 Å². The summed E-state index contributed by atoms with van der Waals surface area (Å²) in [5, 5.41) is 1.51. The van der Waals surface area contributed by atoms with Crippen LogP contribution in [0.3, 0.4) is 0 Å². The Morgan fingerprint density at radius 2 is 2.23 bits per heavy atom. The van der Waals surface area contributed by atoms with Gasteiger partial charge in [0.2, 0.25) is 0 Å². The van der Waals surface area contributed by atoms with Crippen molar-refractivity contribution in [3.63, 3.8) is 0 Å². The van der Waals surface area contributed by atoms with E-state index in [2.05, 4.69) is 15.9 Å². The lowest BCUT2D eigenvalue weighted by Crippen LogP contribution is -1.77. The van der Waals surface area contributed by atoms with Crippen molar-refractivity contribution in [2.24, 2.45) is 0 Å². The lowest BCUT2D eigenvalue weighted by atomic mass is 10.2. The first kappa shape index (κ1) is 9.86. The smallest absolute Gasteiger partial charge is 0.155 e. The minimum absolute atomic E-state index is 0.0802. The third-order valence-corrected chi connectivity index (χ3v) is 4.52. The van der Waals surface area contributed by atoms with Gasteiger partial charge < -0.3 is 0 Å². The fraction of sp³-hybridized carbons (Fsp3) is 0.111. The summed E-state index contributed by atoms with van der Waals surface area (Å²) in [5.41, 5.74) is 1.11. The molecule has 0 atom stereocenters. The van der Waals surface area contributed by atoms with Crippen LogP contribution in [0.15, 0.2) is 18.2 Å². The Morgan fingerprint density at radius 3 is 2.92 bits per heavy atom. The number of hydrogen-bond donors (Lipinski definition) is 0. The molecule has 13 heavy (non-hydrogen) atoms. The number of rotatable bonds is 1. The van der Waals surface area contributed by atoms with E-state index in [0.29, 0.717) is 0 Å². The second kappa shape index (κ2) is 3.82. The van der Waals surface area contributed by atoms with Gasteiger partial charge in [0.25, 0.3) is 0 Å². The van der Waals surface area contributed by atoms with Crippen LogP contribution in [-0.2, 0) is 5.33 Å². The lowest BCUT2D eigenvalue weighted by Gasteiger charge is -1.94. The van der Waals surface area contributed by atoms with Crippen LogP contribution in [0.25, 0.3) is 10.1 Å². The van der Waals surface area contributed by atoms with E-state index < -0.39 is 0 Å². The second-order valence-electron chi connectivity index (χ2n) is 2.65. The number of alkyl halides is 1. The van der Waals surface area contributed by atoms with Crippen LogP contribution in [-0.4, -0.2) is 0 Å².